The average molecular weight is 241 g/mol. The smallest absolute Gasteiger partial charge is 0.307 e. The van der Waals surface area contributed by atoms with E-state index in [1.807, 2.05) is 6.92 Å². The molecule has 0 radical (unpaired) electrons. The molecule has 1 amide bonds. The van der Waals surface area contributed by atoms with Gasteiger partial charge in [0, 0.05) is 38.9 Å². The minimum absolute atomic E-state index is 0.0123. The van der Waals surface area contributed by atoms with Crippen LogP contribution < -0.4 is 10.2 Å². The van der Waals surface area contributed by atoms with Crippen molar-refractivity contribution < 1.29 is 4.79 Å². The van der Waals surface area contributed by atoms with Crippen molar-refractivity contribution in [2.75, 3.05) is 26.2 Å². The van der Waals surface area contributed by atoms with Gasteiger partial charge in [-0.2, -0.15) is 0 Å². The Morgan fingerprint density at radius 2 is 2.00 bits per heavy atom. The van der Waals surface area contributed by atoms with Crippen LogP contribution in [0.3, 0.4) is 0 Å². The summed E-state index contributed by atoms with van der Waals surface area (Å²) in [7, 11) is 1.70. The monoisotopic (exact) mass is 241 g/mol. The number of carbonyl (C=O) groups excluding carboxylic acids is 1. The predicted molar refractivity (Wildman–Crippen MR) is 63.1 cm³/mol. The van der Waals surface area contributed by atoms with Gasteiger partial charge in [-0.3, -0.25) is 9.59 Å². The zero-order valence-corrected chi connectivity index (χ0v) is 10.3. The highest BCUT2D eigenvalue weighted by atomic mass is 32.1. The molecule has 0 spiro atoms. The van der Waals surface area contributed by atoms with Gasteiger partial charge in [0.05, 0.1) is 0 Å². The summed E-state index contributed by atoms with van der Waals surface area (Å²) < 4.78 is 1.53. The second kappa shape index (κ2) is 4.39. The zero-order chi connectivity index (χ0) is 11.7. The fourth-order valence-corrected chi connectivity index (χ4v) is 2.68. The van der Waals surface area contributed by atoms with Gasteiger partial charge >= 0.3 is 4.87 Å². The van der Waals surface area contributed by atoms with Gasteiger partial charge in [-0.05, 0) is 6.92 Å². The Bertz CT molecular complexity index is 457. The van der Waals surface area contributed by atoms with Crippen molar-refractivity contribution in [3.8, 4) is 0 Å². The van der Waals surface area contributed by atoms with E-state index in [2.05, 4.69) is 5.32 Å². The molecule has 5 nitrogen and oxygen atoms in total. The summed E-state index contributed by atoms with van der Waals surface area (Å²) in [5, 5.41) is 3.19. The Morgan fingerprint density at radius 1 is 1.38 bits per heavy atom. The normalized spacial score (nSPS) is 16.5. The molecule has 0 aromatic carbocycles. The number of piperazine rings is 1. The van der Waals surface area contributed by atoms with Crippen molar-refractivity contribution in [1.29, 1.82) is 0 Å². The van der Waals surface area contributed by atoms with Crippen LogP contribution in [0.4, 0.5) is 0 Å². The number of carbonyl (C=O) groups is 1. The van der Waals surface area contributed by atoms with Crippen molar-refractivity contribution in [3.05, 3.63) is 20.2 Å². The maximum absolute atomic E-state index is 12.1. The molecule has 0 aliphatic carbocycles. The van der Waals surface area contributed by atoms with E-state index < -0.39 is 0 Å². The second-order valence-corrected chi connectivity index (χ2v) is 4.85. The van der Waals surface area contributed by atoms with Gasteiger partial charge in [-0.15, -0.1) is 0 Å². The third-order valence-electron chi connectivity index (χ3n) is 2.89. The average Bonchev–Trinajstić information content (AvgIpc) is 2.57. The summed E-state index contributed by atoms with van der Waals surface area (Å²) in [6.45, 7) is 4.90. The van der Waals surface area contributed by atoms with Crippen LogP contribution in [0.1, 0.15) is 15.4 Å². The van der Waals surface area contributed by atoms with Gasteiger partial charge in [-0.1, -0.05) is 11.3 Å². The molecule has 1 aliphatic heterocycles. The number of hydrogen-bond donors (Lipinski definition) is 1. The first-order valence-corrected chi connectivity index (χ1v) is 6.09. The van der Waals surface area contributed by atoms with Crippen LogP contribution in [-0.2, 0) is 7.05 Å². The van der Waals surface area contributed by atoms with E-state index >= 15 is 0 Å². The molecule has 6 heteroatoms. The third kappa shape index (κ3) is 1.90. The van der Waals surface area contributed by atoms with Crippen LogP contribution in [-0.4, -0.2) is 41.6 Å². The first kappa shape index (κ1) is 11.3. The lowest BCUT2D eigenvalue weighted by Crippen LogP contribution is -2.46. The Labute approximate surface area is 97.7 Å². The number of nitrogens with one attached hydrogen (secondary N) is 1. The first-order valence-electron chi connectivity index (χ1n) is 5.27. The number of nitrogens with zero attached hydrogens (tertiary/aromatic N) is 2. The quantitative estimate of drug-likeness (QED) is 0.741. The van der Waals surface area contributed by atoms with Crippen molar-refractivity contribution >= 4 is 17.2 Å². The van der Waals surface area contributed by atoms with Crippen LogP contribution in [0, 0.1) is 6.92 Å². The third-order valence-corrected chi connectivity index (χ3v) is 4.02. The molecule has 1 fully saturated rings. The Balaban J connectivity index is 2.26. The molecule has 0 unspecified atom stereocenters. The molecule has 0 saturated carbocycles. The molecule has 1 aliphatic rings. The number of amides is 1. The molecule has 1 aromatic rings. The number of thiazole rings is 1. The van der Waals surface area contributed by atoms with Gasteiger partial charge in [0.25, 0.3) is 5.91 Å². The molecule has 0 bridgehead atoms. The van der Waals surface area contributed by atoms with E-state index in [4.69, 9.17) is 0 Å². The molecule has 2 rings (SSSR count). The lowest BCUT2D eigenvalue weighted by atomic mass is 10.3. The lowest BCUT2D eigenvalue weighted by Gasteiger charge is -2.27. The molecular formula is C10H15N3O2S. The fraction of sp³-hybridized carbons (Fsp3) is 0.600. The van der Waals surface area contributed by atoms with Crippen molar-refractivity contribution in [2.45, 2.75) is 6.92 Å². The topological polar surface area (TPSA) is 54.3 Å². The molecule has 0 atom stereocenters. The van der Waals surface area contributed by atoms with Crippen molar-refractivity contribution in [3.63, 3.8) is 0 Å². The molecule has 1 N–H and O–H groups in total. The SMILES string of the molecule is Cc1c(C(=O)N2CCNCC2)sc(=O)n1C. The standard InChI is InChI=1S/C10H15N3O2S/c1-7-8(16-10(15)12(7)2)9(14)13-5-3-11-4-6-13/h11H,3-6H2,1-2H3. The van der Waals surface area contributed by atoms with Crippen molar-refractivity contribution in [2.24, 2.45) is 7.05 Å². The van der Waals surface area contributed by atoms with Gasteiger partial charge in [0.1, 0.15) is 4.88 Å². The lowest BCUT2D eigenvalue weighted by molar-refractivity contribution is 0.0739. The summed E-state index contributed by atoms with van der Waals surface area (Å²) in [5.74, 6) is -0.0123. The first-order chi connectivity index (χ1) is 7.61. The summed E-state index contributed by atoms with van der Waals surface area (Å²) in [6, 6.07) is 0. The molecule has 16 heavy (non-hydrogen) atoms. The molecule has 1 saturated heterocycles. The van der Waals surface area contributed by atoms with E-state index in [1.165, 1.54) is 4.57 Å². The minimum atomic E-state index is -0.0732. The van der Waals surface area contributed by atoms with E-state index in [1.54, 1.807) is 11.9 Å². The number of rotatable bonds is 1. The summed E-state index contributed by atoms with van der Waals surface area (Å²) in [6.07, 6.45) is 0. The van der Waals surface area contributed by atoms with E-state index in [0.717, 1.165) is 30.1 Å². The van der Waals surface area contributed by atoms with E-state index in [-0.39, 0.29) is 10.8 Å². The maximum atomic E-state index is 12.1. The van der Waals surface area contributed by atoms with Crippen molar-refractivity contribution in [1.82, 2.24) is 14.8 Å². The highest BCUT2D eigenvalue weighted by molar-refractivity contribution is 7.11. The molecular weight excluding hydrogens is 226 g/mol. The summed E-state index contributed by atoms with van der Waals surface area (Å²) >= 11 is 1.04. The Hall–Kier alpha value is -1.14. The van der Waals surface area contributed by atoms with E-state index in [9.17, 15) is 9.59 Å². The van der Waals surface area contributed by atoms with Crippen LogP contribution in [0.5, 0.6) is 0 Å². The zero-order valence-electron chi connectivity index (χ0n) is 9.45. The highest BCUT2D eigenvalue weighted by Crippen LogP contribution is 2.14. The van der Waals surface area contributed by atoms with Gasteiger partial charge < -0.3 is 14.8 Å². The number of hydrogen-bond acceptors (Lipinski definition) is 4. The van der Waals surface area contributed by atoms with Gasteiger partial charge in [-0.25, -0.2) is 0 Å². The van der Waals surface area contributed by atoms with Crippen LogP contribution in [0.25, 0.3) is 0 Å². The summed E-state index contributed by atoms with van der Waals surface area (Å²) in [4.78, 5) is 25.9. The van der Waals surface area contributed by atoms with Crippen LogP contribution in [0.2, 0.25) is 0 Å². The van der Waals surface area contributed by atoms with Gasteiger partial charge in [0.2, 0.25) is 0 Å². The predicted octanol–water partition coefficient (Wildman–Crippen LogP) is -0.199. The van der Waals surface area contributed by atoms with E-state index in [0.29, 0.717) is 18.0 Å². The Kier molecular flexibility index (Phi) is 3.11. The fourth-order valence-electron chi connectivity index (χ4n) is 1.73. The largest absolute Gasteiger partial charge is 0.335 e. The number of aromatic nitrogens is 1. The van der Waals surface area contributed by atoms with Crippen LogP contribution >= 0.6 is 11.3 Å². The maximum Gasteiger partial charge on any atom is 0.307 e. The second-order valence-electron chi connectivity index (χ2n) is 3.88. The van der Waals surface area contributed by atoms with Crippen LogP contribution in [0.15, 0.2) is 4.79 Å². The molecule has 88 valence electrons. The molecule has 1 aromatic heterocycles. The Morgan fingerprint density at radius 3 is 2.50 bits per heavy atom. The highest BCUT2D eigenvalue weighted by Gasteiger charge is 2.22. The minimum Gasteiger partial charge on any atom is -0.335 e. The molecule has 2 heterocycles. The van der Waals surface area contributed by atoms with Gasteiger partial charge in [0.15, 0.2) is 0 Å². The summed E-state index contributed by atoms with van der Waals surface area (Å²) in [5.41, 5.74) is 0.763.